The fraction of sp³-hybridized carbons (Fsp3) is 0.167. The molecule has 0 spiro atoms. The van der Waals surface area contributed by atoms with Crippen molar-refractivity contribution in [3.05, 3.63) is 40.2 Å². The minimum Gasteiger partial charge on any atom is -0.366 e. The molecule has 0 fully saturated rings. The number of halogens is 1. The third-order valence-corrected chi connectivity index (χ3v) is 3.35. The normalized spacial score (nSPS) is 10.3. The van der Waals surface area contributed by atoms with Crippen molar-refractivity contribution in [2.45, 2.75) is 13.3 Å². The third kappa shape index (κ3) is 2.80. The molecule has 0 radical (unpaired) electrons. The van der Waals surface area contributed by atoms with Gasteiger partial charge in [0.25, 0.3) is 11.8 Å². The zero-order chi connectivity index (χ0) is 14.7. The van der Waals surface area contributed by atoms with Crippen LogP contribution in [0.1, 0.15) is 32.6 Å². The summed E-state index contributed by atoms with van der Waals surface area (Å²) >= 11 is 0.976. The Hall–Kier alpha value is -2.35. The Balaban J connectivity index is 2.24. The molecule has 0 unspecified atom stereocenters. The molecule has 20 heavy (non-hydrogen) atoms. The number of nitrogens with zero attached hydrogens (tertiary/aromatic N) is 2. The van der Waals surface area contributed by atoms with Crippen LogP contribution >= 0.6 is 11.5 Å². The van der Waals surface area contributed by atoms with Gasteiger partial charge in [0, 0.05) is 5.69 Å². The Kier molecular flexibility index (Phi) is 4.04. The fourth-order valence-electron chi connectivity index (χ4n) is 1.59. The maximum absolute atomic E-state index is 13.3. The van der Waals surface area contributed by atoms with Crippen molar-refractivity contribution in [1.29, 1.82) is 0 Å². The number of carbonyl (C=O) groups excluding carboxylic acids is 2. The summed E-state index contributed by atoms with van der Waals surface area (Å²) in [6, 6.07) is 3.61. The summed E-state index contributed by atoms with van der Waals surface area (Å²) in [4.78, 5) is 23.5. The third-order valence-electron chi connectivity index (χ3n) is 2.59. The fourth-order valence-corrected chi connectivity index (χ4v) is 2.24. The van der Waals surface area contributed by atoms with Crippen molar-refractivity contribution < 1.29 is 14.0 Å². The number of anilines is 1. The molecule has 0 saturated heterocycles. The van der Waals surface area contributed by atoms with Gasteiger partial charge in [0.2, 0.25) is 0 Å². The molecular formula is C12H11FN4O2S. The monoisotopic (exact) mass is 294 g/mol. The highest BCUT2D eigenvalue weighted by atomic mass is 32.1. The van der Waals surface area contributed by atoms with Crippen LogP contribution in [0, 0.1) is 5.82 Å². The number of primary amides is 1. The Morgan fingerprint density at radius 1 is 1.45 bits per heavy atom. The van der Waals surface area contributed by atoms with Gasteiger partial charge in [-0.2, -0.15) is 0 Å². The number of aromatic nitrogens is 2. The van der Waals surface area contributed by atoms with Gasteiger partial charge in [0.1, 0.15) is 10.7 Å². The number of nitrogens with one attached hydrogen (secondary N) is 1. The molecule has 8 heteroatoms. The standard InChI is InChI=1S/C12H11FN4O2S/c1-2-9-10(20-17-16-9)12(19)15-6-3-4-8(13)7(5-6)11(14)18/h3-5H,2H2,1H3,(H2,14,18)(H,15,19). The van der Waals surface area contributed by atoms with Crippen molar-refractivity contribution in [2.24, 2.45) is 5.73 Å². The van der Waals surface area contributed by atoms with Crippen LogP contribution in [0.2, 0.25) is 0 Å². The number of hydrogen-bond acceptors (Lipinski definition) is 5. The highest BCUT2D eigenvalue weighted by Gasteiger charge is 2.16. The summed E-state index contributed by atoms with van der Waals surface area (Å²) in [7, 11) is 0. The predicted molar refractivity (Wildman–Crippen MR) is 72.2 cm³/mol. The van der Waals surface area contributed by atoms with Crippen LogP contribution in [-0.4, -0.2) is 21.4 Å². The van der Waals surface area contributed by atoms with Gasteiger partial charge in [-0.05, 0) is 36.2 Å². The SMILES string of the molecule is CCc1nnsc1C(=O)Nc1ccc(F)c(C(N)=O)c1. The van der Waals surface area contributed by atoms with E-state index < -0.39 is 17.6 Å². The van der Waals surface area contributed by atoms with Crippen LogP contribution in [0.25, 0.3) is 0 Å². The van der Waals surface area contributed by atoms with E-state index in [1.807, 2.05) is 6.92 Å². The lowest BCUT2D eigenvalue weighted by atomic mass is 10.1. The molecule has 1 heterocycles. The van der Waals surface area contributed by atoms with Crippen molar-refractivity contribution in [3.63, 3.8) is 0 Å². The molecule has 3 N–H and O–H groups in total. The summed E-state index contributed by atoms with van der Waals surface area (Å²) in [5, 5.41) is 6.39. The molecule has 0 aliphatic carbocycles. The van der Waals surface area contributed by atoms with Crippen LogP contribution in [0.4, 0.5) is 10.1 Å². The van der Waals surface area contributed by atoms with E-state index in [4.69, 9.17) is 5.73 Å². The molecule has 1 aromatic heterocycles. The maximum atomic E-state index is 13.3. The average molecular weight is 294 g/mol. The molecular weight excluding hydrogens is 283 g/mol. The maximum Gasteiger partial charge on any atom is 0.269 e. The Labute approximate surface area is 118 Å². The van der Waals surface area contributed by atoms with Gasteiger partial charge >= 0.3 is 0 Å². The van der Waals surface area contributed by atoms with E-state index in [1.54, 1.807) is 0 Å². The molecule has 104 valence electrons. The van der Waals surface area contributed by atoms with Crippen LogP contribution < -0.4 is 11.1 Å². The minimum atomic E-state index is -0.896. The molecule has 1 aromatic carbocycles. The van der Waals surface area contributed by atoms with Gasteiger partial charge in [0.15, 0.2) is 0 Å². The second-order valence-corrected chi connectivity index (χ2v) is 4.67. The molecule has 2 amide bonds. The van der Waals surface area contributed by atoms with Gasteiger partial charge in [0.05, 0.1) is 11.3 Å². The van der Waals surface area contributed by atoms with Crippen molar-refractivity contribution >= 4 is 29.0 Å². The molecule has 0 atom stereocenters. The first-order valence-electron chi connectivity index (χ1n) is 5.74. The zero-order valence-corrected chi connectivity index (χ0v) is 11.3. The molecule has 0 aliphatic rings. The number of amides is 2. The predicted octanol–water partition coefficient (Wildman–Crippen LogP) is 1.59. The summed E-state index contributed by atoms with van der Waals surface area (Å²) in [5.74, 6) is -2.03. The van der Waals surface area contributed by atoms with E-state index >= 15 is 0 Å². The molecule has 6 nitrogen and oxygen atoms in total. The topological polar surface area (TPSA) is 98.0 Å². The number of rotatable bonds is 4. The van der Waals surface area contributed by atoms with E-state index in [-0.39, 0.29) is 11.3 Å². The summed E-state index contributed by atoms with van der Waals surface area (Å²) < 4.78 is 17.0. The smallest absolute Gasteiger partial charge is 0.269 e. The summed E-state index contributed by atoms with van der Waals surface area (Å²) in [5.41, 5.74) is 5.63. The quantitative estimate of drug-likeness (QED) is 0.894. The zero-order valence-electron chi connectivity index (χ0n) is 10.5. The van der Waals surface area contributed by atoms with E-state index in [9.17, 15) is 14.0 Å². The van der Waals surface area contributed by atoms with Crippen LogP contribution in [0.5, 0.6) is 0 Å². The number of benzene rings is 1. The van der Waals surface area contributed by atoms with Gasteiger partial charge < -0.3 is 11.1 Å². The largest absolute Gasteiger partial charge is 0.366 e. The Morgan fingerprint density at radius 2 is 2.20 bits per heavy atom. The Bertz CT molecular complexity index is 671. The number of hydrogen-bond donors (Lipinski definition) is 2. The molecule has 0 saturated carbocycles. The van der Waals surface area contributed by atoms with E-state index in [2.05, 4.69) is 14.9 Å². The second-order valence-electron chi connectivity index (χ2n) is 3.92. The Morgan fingerprint density at radius 3 is 2.85 bits per heavy atom. The van der Waals surface area contributed by atoms with E-state index in [1.165, 1.54) is 12.1 Å². The molecule has 0 bridgehead atoms. The lowest BCUT2D eigenvalue weighted by Gasteiger charge is -2.06. The van der Waals surface area contributed by atoms with Gasteiger partial charge in [-0.3, -0.25) is 9.59 Å². The molecule has 0 aliphatic heterocycles. The first-order chi connectivity index (χ1) is 9.52. The summed E-state index contributed by atoms with van der Waals surface area (Å²) in [6.45, 7) is 1.86. The number of carbonyl (C=O) groups is 2. The summed E-state index contributed by atoms with van der Waals surface area (Å²) in [6.07, 6.45) is 0.579. The van der Waals surface area contributed by atoms with E-state index in [0.717, 1.165) is 17.6 Å². The molecule has 2 aromatic rings. The van der Waals surface area contributed by atoms with Crippen LogP contribution in [0.3, 0.4) is 0 Å². The van der Waals surface area contributed by atoms with Crippen LogP contribution in [0.15, 0.2) is 18.2 Å². The highest BCUT2D eigenvalue weighted by Crippen LogP contribution is 2.17. The lowest BCUT2D eigenvalue weighted by Crippen LogP contribution is -2.16. The number of nitrogens with two attached hydrogens (primary N) is 1. The second kappa shape index (κ2) is 5.74. The van der Waals surface area contributed by atoms with Gasteiger partial charge in [-0.1, -0.05) is 11.4 Å². The average Bonchev–Trinajstić information content (AvgIpc) is 2.89. The van der Waals surface area contributed by atoms with E-state index in [0.29, 0.717) is 17.0 Å². The van der Waals surface area contributed by atoms with Crippen molar-refractivity contribution in [1.82, 2.24) is 9.59 Å². The first-order valence-corrected chi connectivity index (χ1v) is 6.52. The molecule has 2 rings (SSSR count). The van der Waals surface area contributed by atoms with Crippen molar-refractivity contribution in [2.75, 3.05) is 5.32 Å². The van der Waals surface area contributed by atoms with Gasteiger partial charge in [-0.25, -0.2) is 4.39 Å². The van der Waals surface area contributed by atoms with Gasteiger partial charge in [-0.15, -0.1) is 5.10 Å². The first kappa shape index (κ1) is 14.1. The van der Waals surface area contributed by atoms with Crippen LogP contribution in [-0.2, 0) is 6.42 Å². The highest BCUT2D eigenvalue weighted by molar-refractivity contribution is 7.08. The minimum absolute atomic E-state index is 0.277. The van der Waals surface area contributed by atoms with Crippen molar-refractivity contribution in [3.8, 4) is 0 Å². The lowest BCUT2D eigenvalue weighted by molar-refractivity contribution is 0.0993. The number of aryl methyl sites for hydroxylation is 1.